The standard InChI is InChI=1S/C17H15F3N2O2/c1-9-5-6-12(15(23)21-9)16(24)22-14-8-13(14)10-3-2-4-11(7-10)17(18,19)20/h2-7,13-14H,8H2,1H3,(H,21,23)(H,22,24)/t13-,14-/m1/s1. The summed E-state index contributed by atoms with van der Waals surface area (Å²) in [6, 6.07) is 7.89. The average molecular weight is 336 g/mol. The van der Waals surface area contributed by atoms with E-state index in [0.29, 0.717) is 17.7 Å². The Morgan fingerprint density at radius 2 is 2.00 bits per heavy atom. The van der Waals surface area contributed by atoms with Gasteiger partial charge in [0.15, 0.2) is 0 Å². The van der Waals surface area contributed by atoms with Gasteiger partial charge in [-0.1, -0.05) is 18.2 Å². The van der Waals surface area contributed by atoms with Crippen molar-refractivity contribution in [2.45, 2.75) is 31.5 Å². The molecule has 2 N–H and O–H groups in total. The van der Waals surface area contributed by atoms with Crippen molar-refractivity contribution in [3.63, 3.8) is 0 Å². The number of pyridine rings is 1. The number of alkyl halides is 3. The number of carbonyl (C=O) groups is 1. The van der Waals surface area contributed by atoms with E-state index in [2.05, 4.69) is 10.3 Å². The summed E-state index contributed by atoms with van der Waals surface area (Å²) in [5, 5.41) is 2.70. The van der Waals surface area contributed by atoms with E-state index in [0.717, 1.165) is 12.1 Å². The molecule has 1 fully saturated rings. The van der Waals surface area contributed by atoms with Gasteiger partial charge in [-0.25, -0.2) is 0 Å². The predicted molar refractivity (Wildman–Crippen MR) is 81.9 cm³/mol. The number of hydrogen-bond donors (Lipinski definition) is 2. The Morgan fingerprint density at radius 3 is 2.67 bits per heavy atom. The SMILES string of the molecule is Cc1ccc(C(=O)N[C@@H]2C[C@@H]2c2cccc(C(F)(F)F)c2)c(=O)[nH]1. The molecule has 0 radical (unpaired) electrons. The first-order chi connectivity index (χ1) is 11.3. The number of amides is 1. The number of rotatable bonds is 3. The third-order valence-corrected chi connectivity index (χ3v) is 4.05. The molecule has 1 aromatic carbocycles. The summed E-state index contributed by atoms with van der Waals surface area (Å²) < 4.78 is 38.2. The fourth-order valence-electron chi connectivity index (χ4n) is 2.67. The van der Waals surface area contributed by atoms with Crippen molar-refractivity contribution in [3.05, 3.63) is 69.1 Å². The van der Waals surface area contributed by atoms with Crippen LogP contribution in [-0.4, -0.2) is 16.9 Å². The third kappa shape index (κ3) is 3.34. The molecular formula is C17H15F3N2O2. The molecule has 1 saturated carbocycles. The van der Waals surface area contributed by atoms with E-state index in [9.17, 15) is 22.8 Å². The highest BCUT2D eigenvalue weighted by Crippen LogP contribution is 2.42. The van der Waals surface area contributed by atoms with Crippen molar-refractivity contribution in [1.82, 2.24) is 10.3 Å². The fraction of sp³-hybridized carbons (Fsp3) is 0.294. The maximum absolute atomic E-state index is 12.7. The van der Waals surface area contributed by atoms with E-state index in [1.165, 1.54) is 12.1 Å². The summed E-state index contributed by atoms with van der Waals surface area (Å²) >= 11 is 0. The Hall–Kier alpha value is -2.57. The monoisotopic (exact) mass is 336 g/mol. The van der Waals surface area contributed by atoms with Crippen LogP contribution in [-0.2, 0) is 6.18 Å². The minimum absolute atomic E-state index is 0.00436. The number of aryl methyl sites for hydroxylation is 1. The Kier molecular flexibility index (Phi) is 3.95. The Balaban J connectivity index is 1.70. The van der Waals surface area contributed by atoms with Crippen LogP contribution >= 0.6 is 0 Å². The molecule has 1 heterocycles. The van der Waals surface area contributed by atoms with E-state index < -0.39 is 23.2 Å². The second-order valence-corrected chi connectivity index (χ2v) is 5.93. The number of halogens is 3. The van der Waals surface area contributed by atoms with Gasteiger partial charge in [-0.05, 0) is 37.1 Å². The topological polar surface area (TPSA) is 62.0 Å². The fourth-order valence-corrected chi connectivity index (χ4v) is 2.67. The van der Waals surface area contributed by atoms with Gasteiger partial charge in [0.1, 0.15) is 5.56 Å². The van der Waals surface area contributed by atoms with Crippen LogP contribution in [0, 0.1) is 6.92 Å². The smallest absolute Gasteiger partial charge is 0.348 e. The highest BCUT2D eigenvalue weighted by Gasteiger charge is 2.41. The van der Waals surface area contributed by atoms with Gasteiger partial charge in [0.2, 0.25) is 0 Å². The minimum Gasteiger partial charge on any atom is -0.348 e. The van der Waals surface area contributed by atoms with Crippen LogP contribution < -0.4 is 10.9 Å². The van der Waals surface area contributed by atoms with Crippen molar-refractivity contribution in [2.75, 3.05) is 0 Å². The van der Waals surface area contributed by atoms with Crippen molar-refractivity contribution in [3.8, 4) is 0 Å². The lowest BCUT2D eigenvalue weighted by Crippen LogP contribution is -2.31. The number of aromatic amines is 1. The van der Waals surface area contributed by atoms with Crippen LogP contribution in [0.15, 0.2) is 41.2 Å². The molecule has 0 spiro atoms. The normalized spacial score (nSPS) is 19.8. The summed E-state index contributed by atoms with van der Waals surface area (Å²) in [4.78, 5) is 26.4. The molecule has 2 aromatic rings. The quantitative estimate of drug-likeness (QED) is 0.905. The molecule has 126 valence electrons. The molecule has 1 aliphatic carbocycles. The molecule has 0 saturated heterocycles. The zero-order chi connectivity index (χ0) is 17.5. The minimum atomic E-state index is -4.39. The molecule has 3 rings (SSSR count). The van der Waals surface area contributed by atoms with Gasteiger partial charge in [0, 0.05) is 17.7 Å². The number of aromatic nitrogens is 1. The molecule has 0 aliphatic heterocycles. The van der Waals surface area contributed by atoms with Gasteiger partial charge in [0.05, 0.1) is 5.56 Å². The summed E-state index contributed by atoms with van der Waals surface area (Å²) in [5.41, 5.74) is -0.0104. The highest BCUT2D eigenvalue weighted by molar-refractivity contribution is 5.94. The Morgan fingerprint density at radius 1 is 1.25 bits per heavy atom. The van der Waals surface area contributed by atoms with E-state index in [1.807, 2.05) is 0 Å². The second-order valence-electron chi connectivity index (χ2n) is 5.93. The van der Waals surface area contributed by atoms with Crippen LogP contribution in [0.5, 0.6) is 0 Å². The number of hydrogen-bond acceptors (Lipinski definition) is 2. The van der Waals surface area contributed by atoms with Gasteiger partial charge in [-0.15, -0.1) is 0 Å². The molecule has 1 aromatic heterocycles. The molecule has 0 bridgehead atoms. The summed E-state index contributed by atoms with van der Waals surface area (Å²) in [7, 11) is 0. The van der Waals surface area contributed by atoms with E-state index in [1.54, 1.807) is 19.1 Å². The van der Waals surface area contributed by atoms with Gasteiger partial charge in [-0.2, -0.15) is 13.2 Å². The van der Waals surface area contributed by atoms with Crippen LogP contribution in [0.3, 0.4) is 0 Å². The van der Waals surface area contributed by atoms with Crippen molar-refractivity contribution < 1.29 is 18.0 Å². The number of carbonyl (C=O) groups excluding carboxylic acids is 1. The molecule has 24 heavy (non-hydrogen) atoms. The van der Waals surface area contributed by atoms with Crippen molar-refractivity contribution in [2.24, 2.45) is 0 Å². The third-order valence-electron chi connectivity index (χ3n) is 4.05. The van der Waals surface area contributed by atoms with Crippen LogP contribution in [0.2, 0.25) is 0 Å². The molecule has 1 amide bonds. The number of nitrogens with one attached hydrogen (secondary N) is 2. The van der Waals surface area contributed by atoms with E-state index >= 15 is 0 Å². The molecule has 2 atom stereocenters. The number of H-pyrrole nitrogens is 1. The first-order valence-corrected chi connectivity index (χ1v) is 7.43. The first kappa shape index (κ1) is 16.3. The second kappa shape index (κ2) is 5.81. The van der Waals surface area contributed by atoms with Gasteiger partial charge in [-0.3, -0.25) is 9.59 Å². The van der Waals surface area contributed by atoms with Crippen molar-refractivity contribution >= 4 is 5.91 Å². The zero-order valence-corrected chi connectivity index (χ0v) is 12.8. The predicted octanol–water partition coefficient (Wildman–Crippen LogP) is 2.99. The van der Waals surface area contributed by atoms with Crippen LogP contribution in [0.1, 0.15) is 39.5 Å². The lowest BCUT2D eigenvalue weighted by Gasteiger charge is -2.09. The number of benzene rings is 1. The maximum atomic E-state index is 12.7. The molecule has 0 unspecified atom stereocenters. The van der Waals surface area contributed by atoms with Gasteiger partial charge < -0.3 is 10.3 Å². The van der Waals surface area contributed by atoms with E-state index in [-0.39, 0.29) is 17.5 Å². The summed E-state index contributed by atoms with van der Waals surface area (Å²) in [6.07, 6.45) is -3.84. The van der Waals surface area contributed by atoms with Gasteiger partial charge >= 0.3 is 6.18 Å². The highest BCUT2D eigenvalue weighted by atomic mass is 19.4. The van der Waals surface area contributed by atoms with Crippen LogP contribution in [0.4, 0.5) is 13.2 Å². The summed E-state index contributed by atoms with van der Waals surface area (Å²) in [5.74, 6) is -0.684. The molecule has 4 nitrogen and oxygen atoms in total. The maximum Gasteiger partial charge on any atom is 0.416 e. The summed E-state index contributed by atoms with van der Waals surface area (Å²) in [6.45, 7) is 1.70. The molecule has 1 aliphatic rings. The Labute approximate surface area is 135 Å². The first-order valence-electron chi connectivity index (χ1n) is 7.43. The lowest BCUT2D eigenvalue weighted by molar-refractivity contribution is -0.137. The van der Waals surface area contributed by atoms with Crippen LogP contribution in [0.25, 0.3) is 0 Å². The van der Waals surface area contributed by atoms with Gasteiger partial charge in [0.25, 0.3) is 11.5 Å². The van der Waals surface area contributed by atoms with Crippen molar-refractivity contribution in [1.29, 1.82) is 0 Å². The Bertz CT molecular complexity index is 842. The lowest BCUT2D eigenvalue weighted by atomic mass is 10.1. The van der Waals surface area contributed by atoms with E-state index in [4.69, 9.17) is 0 Å². The average Bonchev–Trinajstić information content (AvgIpc) is 3.25. The molecular weight excluding hydrogens is 321 g/mol. The molecule has 7 heteroatoms. The zero-order valence-electron chi connectivity index (χ0n) is 12.8. The largest absolute Gasteiger partial charge is 0.416 e.